The zero-order chi connectivity index (χ0) is 33.2. The molecule has 2 heterocycles. The summed E-state index contributed by atoms with van der Waals surface area (Å²) in [6, 6.07) is 16.6. The average molecular weight is 633 g/mol. The second kappa shape index (κ2) is 16.7. The summed E-state index contributed by atoms with van der Waals surface area (Å²) >= 11 is 0. The summed E-state index contributed by atoms with van der Waals surface area (Å²) in [5.74, 6) is -0.451. The van der Waals surface area contributed by atoms with Crippen LogP contribution in [0, 0.1) is 17.8 Å². The number of hydrogen-bond donors (Lipinski definition) is 3. The highest BCUT2D eigenvalue weighted by Crippen LogP contribution is 2.30. The molecule has 0 spiro atoms. The molecule has 1 saturated heterocycles. The smallest absolute Gasteiger partial charge is 0.243 e. The lowest BCUT2D eigenvalue weighted by Gasteiger charge is -2.35. The summed E-state index contributed by atoms with van der Waals surface area (Å²) in [4.78, 5) is 46.2. The number of aromatic nitrogens is 1. The van der Waals surface area contributed by atoms with Crippen LogP contribution in [0.25, 0.3) is 10.9 Å². The highest BCUT2D eigenvalue weighted by atomic mass is 16.5. The summed E-state index contributed by atoms with van der Waals surface area (Å²) in [6.45, 7) is 9.28. The standard InChI is InChI=1S/C37H52N4O5/c1-7-24(2)25(3)33(45-5)21-34(42)41-19-13-18-32(41)35(46-6)26(4)36(43)40-31(37(44)39-22-27-14-9-8-10-15-27)20-28-23-38-30-17-12-11-16-29(28)30/h8-12,14-17,23-26,31-33,35,38H,7,13,18-22H2,1-6H3,(H,39,44)(H,40,43)/t24-,25-,26+,31-,32-,33+,35+/m0/s1. The van der Waals surface area contributed by atoms with Crippen LogP contribution in [0.5, 0.6) is 0 Å². The van der Waals surface area contributed by atoms with Crippen molar-refractivity contribution in [1.82, 2.24) is 20.5 Å². The molecule has 1 aliphatic rings. The zero-order valence-corrected chi connectivity index (χ0v) is 28.3. The van der Waals surface area contributed by atoms with E-state index in [4.69, 9.17) is 9.47 Å². The molecule has 0 bridgehead atoms. The van der Waals surface area contributed by atoms with Gasteiger partial charge < -0.3 is 30.0 Å². The van der Waals surface area contributed by atoms with E-state index in [9.17, 15) is 14.4 Å². The Balaban J connectivity index is 1.48. The van der Waals surface area contributed by atoms with E-state index in [1.165, 1.54) is 0 Å². The molecule has 9 heteroatoms. The Labute approximate surface area is 273 Å². The highest BCUT2D eigenvalue weighted by Gasteiger charge is 2.41. The fourth-order valence-corrected chi connectivity index (χ4v) is 6.74. The van der Waals surface area contributed by atoms with E-state index in [-0.39, 0.29) is 35.8 Å². The molecule has 1 aromatic heterocycles. The van der Waals surface area contributed by atoms with E-state index >= 15 is 0 Å². The molecule has 0 aliphatic carbocycles. The van der Waals surface area contributed by atoms with Crippen molar-refractivity contribution in [2.45, 2.75) is 90.6 Å². The molecule has 0 radical (unpaired) electrons. The SMILES string of the molecule is CC[C@H](C)[C@H](C)[C@@H](CC(=O)N1CCC[C@H]1[C@H](OC)[C@@H](C)C(=O)N[C@@H](Cc1c[nH]c2ccccc12)C(=O)NCc1ccccc1)OC. The largest absolute Gasteiger partial charge is 0.381 e. The number of amides is 3. The second-order valence-electron chi connectivity index (χ2n) is 12.8. The van der Waals surface area contributed by atoms with Gasteiger partial charge in [-0.05, 0) is 41.9 Å². The molecular weight excluding hydrogens is 580 g/mol. The van der Waals surface area contributed by atoms with Crippen LogP contribution in [0.4, 0.5) is 0 Å². The van der Waals surface area contributed by atoms with Crippen molar-refractivity contribution >= 4 is 28.6 Å². The Morgan fingerprint density at radius 2 is 1.70 bits per heavy atom. The maximum atomic E-state index is 13.9. The number of fused-ring (bicyclic) bond motifs is 1. The molecule has 1 aliphatic heterocycles. The number of nitrogens with one attached hydrogen (secondary N) is 3. The fourth-order valence-electron chi connectivity index (χ4n) is 6.74. The first-order valence-electron chi connectivity index (χ1n) is 16.7. The Bertz CT molecular complexity index is 1430. The van der Waals surface area contributed by atoms with Gasteiger partial charge in [0.05, 0.1) is 30.6 Å². The molecule has 9 nitrogen and oxygen atoms in total. The van der Waals surface area contributed by atoms with Gasteiger partial charge in [-0.2, -0.15) is 0 Å². The Hall–Kier alpha value is -3.69. The third-order valence-electron chi connectivity index (χ3n) is 10.0. The molecule has 2 aromatic carbocycles. The number of para-hydroxylation sites is 1. The number of benzene rings is 2. The van der Waals surface area contributed by atoms with Gasteiger partial charge in [0.15, 0.2) is 0 Å². The van der Waals surface area contributed by atoms with Crippen LogP contribution in [0.1, 0.15) is 64.5 Å². The Morgan fingerprint density at radius 3 is 2.39 bits per heavy atom. The Morgan fingerprint density at radius 1 is 0.978 bits per heavy atom. The van der Waals surface area contributed by atoms with Crippen LogP contribution in [0.3, 0.4) is 0 Å². The number of rotatable bonds is 16. The van der Waals surface area contributed by atoms with Crippen molar-refractivity contribution in [3.63, 3.8) is 0 Å². The van der Waals surface area contributed by atoms with Crippen molar-refractivity contribution in [1.29, 1.82) is 0 Å². The maximum absolute atomic E-state index is 13.9. The van der Waals surface area contributed by atoms with Gasteiger partial charge in [-0.3, -0.25) is 14.4 Å². The lowest BCUT2D eigenvalue weighted by molar-refractivity contribution is -0.143. The van der Waals surface area contributed by atoms with Crippen LogP contribution < -0.4 is 10.6 Å². The van der Waals surface area contributed by atoms with E-state index in [1.807, 2.05) is 72.6 Å². The molecule has 0 saturated carbocycles. The minimum absolute atomic E-state index is 0.0247. The number of H-pyrrole nitrogens is 1. The third-order valence-corrected chi connectivity index (χ3v) is 10.0. The molecule has 46 heavy (non-hydrogen) atoms. The van der Waals surface area contributed by atoms with Crippen molar-refractivity contribution in [3.8, 4) is 0 Å². The van der Waals surface area contributed by atoms with Crippen molar-refractivity contribution < 1.29 is 23.9 Å². The van der Waals surface area contributed by atoms with Crippen LogP contribution in [0.15, 0.2) is 60.8 Å². The molecule has 3 amide bonds. The highest BCUT2D eigenvalue weighted by molar-refractivity contribution is 5.90. The number of hydrogen-bond acceptors (Lipinski definition) is 5. The minimum Gasteiger partial charge on any atom is -0.381 e. The number of carbonyl (C=O) groups excluding carboxylic acids is 3. The number of methoxy groups -OCH3 is 2. The van der Waals surface area contributed by atoms with Gasteiger partial charge in [-0.25, -0.2) is 0 Å². The van der Waals surface area contributed by atoms with Gasteiger partial charge in [0, 0.05) is 50.8 Å². The lowest BCUT2D eigenvalue weighted by atomic mass is 9.87. The van der Waals surface area contributed by atoms with E-state index in [0.717, 1.165) is 41.3 Å². The number of nitrogens with zero attached hydrogens (tertiary/aromatic N) is 1. The first kappa shape index (κ1) is 35.2. The predicted molar refractivity (Wildman–Crippen MR) is 181 cm³/mol. The van der Waals surface area contributed by atoms with E-state index in [0.29, 0.717) is 31.8 Å². The van der Waals surface area contributed by atoms with Gasteiger partial charge in [-0.1, -0.05) is 82.6 Å². The van der Waals surface area contributed by atoms with Gasteiger partial charge in [0.25, 0.3) is 0 Å². The first-order valence-corrected chi connectivity index (χ1v) is 16.7. The van der Waals surface area contributed by atoms with Crippen molar-refractivity contribution in [3.05, 3.63) is 71.9 Å². The number of aromatic amines is 1. The maximum Gasteiger partial charge on any atom is 0.243 e. The van der Waals surface area contributed by atoms with Gasteiger partial charge in [0.2, 0.25) is 17.7 Å². The normalized spacial score (nSPS) is 18.8. The van der Waals surface area contributed by atoms with E-state index in [1.54, 1.807) is 14.2 Å². The summed E-state index contributed by atoms with van der Waals surface area (Å²) in [7, 11) is 3.26. The monoisotopic (exact) mass is 632 g/mol. The van der Waals surface area contributed by atoms with Crippen LogP contribution in [-0.2, 0) is 36.8 Å². The van der Waals surface area contributed by atoms with Crippen molar-refractivity contribution in [2.75, 3.05) is 20.8 Å². The Kier molecular flexibility index (Phi) is 12.8. The molecule has 1 fully saturated rings. The second-order valence-corrected chi connectivity index (χ2v) is 12.8. The molecule has 7 atom stereocenters. The summed E-state index contributed by atoms with van der Waals surface area (Å²) < 4.78 is 11.7. The zero-order valence-electron chi connectivity index (χ0n) is 28.3. The van der Waals surface area contributed by atoms with Crippen LogP contribution in [-0.4, -0.2) is 72.7 Å². The molecule has 3 aromatic rings. The molecule has 0 unspecified atom stereocenters. The predicted octanol–water partition coefficient (Wildman–Crippen LogP) is 5.24. The number of carbonyl (C=O) groups is 3. The van der Waals surface area contributed by atoms with Gasteiger partial charge in [0.1, 0.15) is 6.04 Å². The van der Waals surface area contributed by atoms with E-state index in [2.05, 4.69) is 36.4 Å². The quantitative estimate of drug-likeness (QED) is 0.200. The van der Waals surface area contributed by atoms with Crippen molar-refractivity contribution in [2.24, 2.45) is 17.8 Å². The minimum atomic E-state index is -0.804. The third kappa shape index (κ3) is 8.56. The lowest BCUT2D eigenvalue weighted by Crippen LogP contribution is -2.54. The number of likely N-dealkylation sites (tertiary alicyclic amines) is 1. The topological polar surface area (TPSA) is 113 Å². The first-order chi connectivity index (χ1) is 22.2. The molecular formula is C37H52N4O5. The van der Waals surface area contributed by atoms with E-state index < -0.39 is 18.1 Å². The average Bonchev–Trinajstić information content (AvgIpc) is 3.73. The fraction of sp³-hybridized carbons (Fsp3) is 0.541. The summed E-state index contributed by atoms with van der Waals surface area (Å²) in [5.41, 5.74) is 2.89. The molecule has 4 rings (SSSR count). The van der Waals surface area contributed by atoms with Gasteiger partial charge >= 0.3 is 0 Å². The summed E-state index contributed by atoms with van der Waals surface area (Å²) in [6.07, 6.45) is 4.42. The number of ether oxygens (including phenoxy) is 2. The van der Waals surface area contributed by atoms with Crippen LogP contribution in [0.2, 0.25) is 0 Å². The molecule has 250 valence electrons. The summed E-state index contributed by atoms with van der Waals surface area (Å²) in [5, 5.41) is 7.07. The molecule has 3 N–H and O–H groups in total. The van der Waals surface area contributed by atoms with Crippen LogP contribution >= 0.6 is 0 Å². The van der Waals surface area contributed by atoms with Gasteiger partial charge in [-0.15, -0.1) is 0 Å².